The van der Waals surface area contributed by atoms with Crippen molar-refractivity contribution in [2.24, 2.45) is 0 Å². The van der Waals surface area contributed by atoms with E-state index in [4.69, 9.17) is 9.83 Å². The number of para-hydroxylation sites is 2. The van der Waals surface area contributed by atoms with Gasteiger partial charge in [-0.3, -0.25) is 5.41 Å². The van der Waals surface area contributed by atoms with Crippen molar-refractivity contribution in [3.63, 3.8) is 0 Å². The van der Waals surface area contributed by atoms with Crippen LogP contribution in [0, 0.1) is 5.41 Å². The van der Waals surface area contributed by atoms with E-state index in [9.17, 15) is 5.11 Å². The standard InChI is InChI=1S/C17H21N3O2/c1-2-3-10-19-13-7-4-5-8-14(13)20(17(19)18)12-15(21)16-9-6-11-22-16/h4-9,11,15,18,21H,2-3,10,12H2,1H3/t15-/m1/s1. The molecule has 0 spiro atoms. The summed E-state index contributed by atoms with van der Waals surface area (Å²) in [5.74, 6) is 0.525. The number of nitrogens with one attached hydrogen (secondary N) is 1. The maximum atomic E-state index is 10.3. The zero-order valence-corrected chi connectivity index (χ0v) is 12.7. The van der Waals surface area contributed by atoms with Gasteiger partial charge in [0.2, 0.25) is 5.62 Å². The Hall–Kier alpha value is -2.27. The summed E-state index contributed by atoms with van der Waals surface area (Å²) in [5.41, 5.74) is 2.42. The smallest absolute Gasteiger partial charge is 0.203 e. The third-order valence-corrected chi connectivity index (χ3v) is 3.94. The second-order valence-corrected chi connectivity index (χ2v) is 5.46. The summed E-state index contributed by atoms with van der Waals surface area (Å²) in [6, 6.07) is 11.5. The molecule has 116 valence electrons. The van der Waals surface area contributed by atoms with Gasteiger partial charge in [0.15, 0.2) is 0 Å². The number of imidazole rings is 1. The Morgan fingerprint density at radius 3 is 2.50 bits per heavy atom. The highest BCUT2D eigenvalue weighted by Gasteiger charge is 2.16. The van der Waals surface area contributed by atoms with Gasteiger partial charge in [-0.2, -0.15) is 0 Å². The monoisotopic (exact) mass is 299 g/mol. The number of hydrogen-bond acceptors (Lipinski definition) is 3. The zero-order valence-electron chi connectivity index (χ0n) is 12.7. The first-order valence-corrected chi connectivity index (χ1v) is 7.66. The van der Waals surface area contributed by atoms with Crippen molar-refractivity contribution >= 4 is 11.0 Å². The fourth-order valence-corrected chi connectivity index (χ4v) is 2.77. The van der Waals surface area contributed by atoms with Gasteiger partial charge >= 0.3 is 0 Å². The molecular formula is C17H21N3O2. The Labute approximate surface area is 128 Å². The van der Waals surface area contributed by atoms with Crippen molar-refractivity contribution in [3.8, 4) is 0 Å². The summed E-state index contributed by atoms with van der Waals surface area (Å²) in [6.45, 7) is 3.27. The van der Waals surface area contributed by atoms with Crippen LogP contribution in [0.4, 0.5) is 0 Å². The lowest BCUT2D eigenvalue weighted by atomic mass is 10.2. The van der Waals surface area contributed by atoms with Crippen molar-refractivity contribution in [3.05, 3.63) is 54.0 Å². The van der Waals surface area contributed by atoms with E-state index in [1.54, 1.807) is 18.4 Å². The van der Waals surface area contributed by atoms with Gasteiger partial charge in [0.05, 0.1) is 23.8 Å². The second-order valence-electron chi connectivity index (χ2n) is 5.46. The van der Waals surface area contributed by atoms with E-state index in [1.165, 1.54) is 0 Å². The lowest BCUT2D eigenvalue weighted by Crippen LogP contribution is -2.26. The number of aliphatic hydroxyl groups excluding tert-OH is 1. The van der Waals surface area contributed by atoms with Gasteiger partial charge in [0, 0.05) is 6.54 Å². The molecule has 2 N–H and O–H groups in total. The number of hydrogen-bond donors (Lipinski definition) is 2. The number of aryl methyl sites for hydroxylation is 1. The van der Waals surface area contributed by atoms with Crippen molar-refractivity contribution in [2.45, 2.75) is 39.0 Å². The highest BCUT2D eigenvalue weighted by Crippen LogP contribution is 2.19. The molecule has 0 radical (unpaired) electrons. The topological polar surface area (TPSA) is 67.1 Å². The summed E-state index contributed by atoms with van der Waals surface area (Å²) < 4.78 is 9.11. The van der Waals surface area contributed by atoms with Crippen LogP contribution < -0.4 is 5.62 Å². The lowest BCUT2D eigenvalue weighted by molar-refractivity contribution is 0.129. The molecule has 3 rings (SSSR count). The molecule has 2 aromatic heterocycles. The van der Waals surface area contributed by atoms with Crippen LogP contribution in [0.1, 0.15) is 31.6 Å². The van der Waals surface area contributed by atoms with E-state index in [0.717, 1.165) is 30.4 Å². The number of nitrogens with zero attached hydrogens (tertiary/aromatic N) is 2. The molecule has 1 atom stereocenters. The van der Waals surface area contributed by atoms with Gasteiger partial charge in [-0.15, -0.1) is 0 Å². The molecule has 0 saturated heterocycles. The largest absolute Gasteiger partial charge is 0.467 e. The number of fused-ring (bicyclic) bond motifs is 1. The molecular weight excluding hydrogens is 278 g/mol. The van der Waals surface area contributed by atoms with Gasteiger partial charge in [-0.05, 0) is 30.7 Å². The maximum absolute atomic E-state index is 10.3. The number of aromatic nitrogens is 2. The summed E-state index contributed by atoms with van der Waals surface area (Å²) in [6.07, 6.45) is 2.91. The van der Waals surface area contributed by atoms with Crippen LogP contribution in [0.2, 0.25) is 0 Å². The molecule has 3 aromatic rings. The van der Waals surface area contributed by atoms with E-state index in [0.29, 0.717) is 17.9 Å². The first-order chi connectivity index (χ1) is 10.7. The van der Waals surface area contributed by atoms with Crippen LogP contribution in [0.5, 0.6) is 0 Å². The first-order valence-electron chi connectivity index (χ1n) is 7.66. The number of aliphatic hydroxyl groups is 1. The molecule has 5 nitrogen and oxygen atoms in total. The van der Waals surface area contributed by atoms with Crippen LogP contribution in [0.15, 0.2) is 47.1 Å². The predicted molar refractivity (Wildman–Crippen MR) is 84.4 cm³/mol. The van der Waals surface area contributed by atoms with E-state index < -0.39 is 6.10 Å². The number of unbranched alkanes of at least 4 members (excludes halogenated alkanes) is 1. The lowest BCUT2D eigenvalue weighted by Gasteiger charge is -2.09. The van der Waals surface area contributed by atoms with Crippen LogP contribution >= 0.6 is 0 Å². The Morgan fingerprint density at radius 2 is 1.86 bits per heavy atom. The zero-order chi connectivity index (χ0) is 15.5. The first kappa shape index (κ1) is 14.7. The average molecular weight is 299 g/mol. The fraction of sp³-hybridized carbons (Fsp3) is 0.353. The summed E-state index contributed by atoms with van der Waals surface area (Å²) in [7, 11) is 0. The van der Waals surface area contributed by atoms with Crippen LogP contribution in [0.25, 0.3) is 11.0 Å². The highest BCUT2D eigenvalue weighted by atomic mass is 16.4. The van der Waals surface area contributed by atoms with Gasteiger partial charge in [0.25, 0.3) is 0 Å². The van der Waals surface area contributed by atoms with Crippen molar-refractivity contribution in [2.75, 3.05) is 0 Å². The molecule has 0 aliphatic rings. The molecule has 0 amide bonds. The molecule has 2 heterocycles. The fourth-order valence-electron chi connectivity index (χ4n) is 2.77. The number of rotatable bonds is 6. The van der Waals surface area contributed by atoms with Crippen LogP contribution in [-0.4, -0.2) is 14.2 Å². The predicted octanol–water partition coefficient (Wildman–Crippen LogP) is 3.05. The molecule has 0 bridgehead atoms. The van der Waals surface area contributed by atoms with Crippen molar-refractivity contribution < 1.29 is 9.52 Å². The van der Waals surface area contributed by atoms with Gasteiger partial charge in [-0.25, -0.2) is 0 Å². The minimum absolute atomic E-state index is 0.311. The van der Waals surface area contributed by atoms with Gasteiger partial charge in [-0.1, -0.05) is 25.5 Å². The molecule has 0 aliphatic heterocycles. The van der Waals surface area contributed by atoms with E-state index >= 15 is 0 Å². The summed E-state index contributed by atoms with van der Waals surface area (Å²) in [4.78, 5) is 0. The summed E-state index contributed by atoms with van der Waals surface area (Å²) >= 11 is 0. The number of benzene rings is 1. The highest BCUT2D eigenvalue weighted by molar-refractivity contribution is 5.75. The molecule has 0 unspecified atom stereocenters. The quantitative estimate of drug-likeness (QED) is 0.734. The Kier molecular flexibility index (Phi) is 4.15. The van der Waals surface area contributed by atoms with E-state index in [2.05, 4.69) is 6.92 Å². The van der Waals surface area contributed by atoms with Crippen LogP contribution in [0.3, 0.4) is 0 Å². The van der Waals surface area contributed by atoms with Gasteiger partial charge < -0.3 is 18.7 Å². The Bertz CT molecular complexity index is 799. The SMILES string of the molecule is CCCCn1c(=N)n(C[C@@H](O)c2ccco2)c2ccccc21. The Balaban J connectivity index is 2.02. The van der Waals surface area contributed by atoms with Crippen molar-refractivity contribution in [1.82, 2.24) is 9.13 Å². The second kappa shape index (κ2) is 6.23. The maximum Gasteiger partial charge on any atom is 0.203 e. The third kappa shape index (κ3) is 2.60. The summed E-state index contributed by atoms with van der Waals surface area (Å²) in [5, 5.41) is 18.8. The molecule has 5 heteroatoms. The molecule has 0 saturated carbocycles. The van der Waals surface area contributed by atoms with Crippen molar-refractivity contribution in [1.29, 1.82) is 5.41 Å². The molecule has 22 heavy (non-hydrogen) atoms. The minimum atomic E-state index is -0.755. The van der Waals surface area contributed by atoms with Crippen LogP contribution in [-0.2, 0) is 13.1 Å². The normalized spacial score (nSPS) is 12.8. The van der Waals surface area contributed by atoms with Gasteiger partial charge in [0.1, 0.15) is 11.9 Å². The third-order valence-electron chi connectivity index (χ3n) is 3.94. The number of furan rings is 1. The minimum Gasteiger partial charge on any atom is -0.467 e. The Morgan fingerprint density at radius 1 is 1.14 bits per heavy atom. The molecule has 0 fully saturated rings. The molecule has 1 aromatic carbocycles. The van der Waals surface area contributed by atoms with E-state index in [1.807, 2.05) is 33.4 Å². The molecule has 0 aliphatic carbocycles. The average Bonchev–Trinajstić information content (AvgIpc) is 3.14. The van der Waals surface area contributed by atoms with E-state index in [-0.39, 0.29) is 0 Å².